The summed E-state index contributed by atoms with van der Waals surface area (Å²) in [7, 11) is 0. The van der Waals surface area contributed by atoms with Crippen molar-refractivity contribution in [2.24, 2.45) is 46.3 Å². The van der Waals surface area contributed by atoms with Crippen molar-refractivity contribution in [3.8, 4) is 0 Å². The molecule has 0 aromatic carbocycles. The molecule has 180 valence electrons. The molecule has 4 saturated carbocycles. The molecule has 0 spiro atoms. The van der Waals surface area contributed by atoms with E-state index < -0.39 is 17.9 Å². The van der Waals surface area contributed by atoms with Gasteiger partial charge in [0.2, 0.25) is 0 Å². The molecule has 0 radical (unpaired) electrons. The molecule has 0 bridgehead atoms. The van der Waals surface area contributed by atoms with E-state index in [1.165, 1.54) is 32.1 Å². The summed E-state index contributed by atoms with van der Waals surface area (Å²) in [6, 6.07) is 0. The van der Waals surface area contributed by atoms with Crippen molar-refractivity contribution in [3.63, 3.8) is 0 Å². The zero-order valence-corrected chi connectivity index (χ0v) is 19.8. The third-order valence-electron chi connectivity index (χ3n) is 11.0. The highest BCUT2D eigenvalue weighted by Gasteiger charge is 2.61. The predicted octanol–water partition coefficient (Wildman–Crippen LogP) is 6.74. The molecule has 0 aromatic heterocycles. The zero-order valence-electron chi connectivity index (χ0n) is 19.8. The number of fused-ring (bicyclic) bond motifs is 5. The van der Waals surface area contributed by atoms with Crippen LogP contribution in [0.3, 0.4) is 0 Å². The highest BCUT2D eigenvalue weighted by molar-refractivity contribution is 5.10. The van der Waals surface area contributed by atoms with E-state index in [1.807, 2.05) is 6.92 Å². The second kappa shape index (κ2) is 7.89. The Morgan fingerprint density at radius 3 is 2.23 bits per heavy atom. The van der Waals surface area contributed by atoms with Crippen LogP contribution in [0.5, 0.6) is 0 Å². The lowest BCUT2D eigenvalue weighted by atomic mass is 9.43. The van der Waals surface area contributed by atoms with E-state index in [9.17, 15) is 23.4 Å². The molecule has 4 aliphatic rings. The van der Waals surface area contributed by atoms with Crippen molar-refractivity contribution in [3.05, 3.63) is 0 Å². The van der Waals surface area contributed by atoms with Crippen molar-refractivity contribution in [1.29, 1.82) is 0 Å². The van der Waals surface area contributed by atoms with Gasteiger partial charge in [-0.25, -0.2) is 0 Å². The molecule has 0 amide bonds. The second-order valence-corrected chi connectivity index (χ2v) is 12.7. The van der Waals surface area contributed by atoms with Crippen LogP contribution in [0.25, 0.3) is 0 Å². The number of hydrogen-bond donors (Lipinski definition) is 2. The van der Waals surface area contributed by atoms with Crippen LogP contribution in [0, 0.1) is 46.3 Å². The van der Waals surface area contributed by atoms with Gasteiger partial charge in [0.15, 0.2) is 0 Å². The largest absolute Gasteiger partial charge is 0.414 e. The van der Waals surface area contributed by atoms with Gasteiger partial charge >= 0.3 is 6.18 Å². The van der Waals surface area contributed by atoms with Gasteiger partial charge < -0.3 is 10.2 Å². The normalized spacial score (nSPS) is 49.6. The Labute approximate surface area is 186 Å². The summed E-state index contributed by atoms with van der Waals surface area (Å²) in [5.41, 5.74) is 0.0647. The molecule has 0 aliphatic heterocycles. The van der Waals surface area contributed by atoms with Crippen LogP contribution in [0.15, 0.2) is 0 Å². The lowest BCUT2D eigenvalue weighted by Gasteiger charge is -2.62. The minimum Gasteiger partial charge on any atom is -0.390 e. The fraction of sp³-hybridized carbons (Fsp3) is 1.00. The first-order valence-electron chi connectivity index (χ1n) is 12.7. The molecule has 1 unspecified atom stereocenters. The smallest absolute Gasteiger partial charge is 0.390 e. The van der Waals surface area contributed by atoms with E-state index in [0.29, 0.717) is 29.6 Å². The average Bonchev–Trinajstić information content (AvgIpc) is 3.02. The fourth-order valence-electron chi connectivity index (χ4n) is 9.19. The second-order valence-electron chi connectivity index (χ2n) is 12.7. The Morgan fingerprint density at radius 2 is 1.55 bits per heavy atom. The fourth-order valence-corrected chi connectivity index (χ4v) is 9.19. The molecule has 2 nitrogen and oxygen atoms in total. The molecule has 31 heavy (non-hydrogen) atoms. The van der Waals surface area contributed by atoms with E-state index in [0.717, 1.165) is 37.5 Å². The molecule has 5 heteroatoms. The first kappa shape index (κ1) is 23.9. The van der Waals surface area contributed by atoms with Gasteiger partial charge in [0.05, 0.1) is 5.60 Å². The third kappa shape index (κ3) is 4.09. The zero-order chi connectivity index (χ0) is 22.8. The number of alkyl halides is 3. The van der Waals surface area contributed by atoms with E-state index in [1.54, 1.807) is 0 Å². The summed E-state index contributed by atoms with van der Waals surface area (Å²) < 4.78 is 38.3. The summed E-state index contributed by atoms with van der Waals surface area (Å²) >= 11 is 0. The Bertz CT molecular complexity index is 662. The van der Waals surface area contributed by atoms with Gasteiger partial charge in [-0.1, -0.05) is 20.8 Å². The quantitative estimate of drug-likeness (QED) is 0.504. The molecule has 10 atom stereocenters. The maximum Gasteiger partial charge on any atom is 0.414 e. The summed E-state index contributed by atoms with van der Waals surface area (Å²) in [6.07, 6.45) is 3.82. The molecule has 0 aromatic rings. The molecular formula is C26H43F3O2. The summed E-state index contributed by atoms with van der Waals surface area (Å²) in [5.74, 6) is 3.48. The summed E-state index contributed by atoms with van der Waals surface area (Å²) in [6.45, 7) is 9.06. The molecule has 0 heterocycles. The van der Waals surface area contributed by atoms with Crippen molar-refractivity contribution >= 4 is 0 Å². The molecule has 0 saturated heterocycles. The minimum absolute atomic E-state index is 0.173. The monoisotopic (exact) mass is 444 g/mol. The third-order valence-corrected chi connectivity index (χ3v) is 11.0. The minimum atomic E-state index is -4.50. The van der Waals surface area contributed by atoms with Crippen LogP contribution in [0.1, 0.15) is 98.3 Å². The number of hydrogen-bond acceptors (Lipinski definition) is 2. The van der Waals surface area contributed by atoms with Gasteiger partial charge in [-0.3, -0.25) is 0 Å². The molecular weight excluding hydrogens is 401 g/mol. The van der Waals surface area contributed by atoms with Crippen molar-refractivity contribution < 1.29 is 23.4 Å². The predicted molar refractivity (Wildman–Crippen MR) is 116 cm³/mol. The summed E-state index contributed by atoms with van der Waals surface area (Å²) in [5, 5.41) is 20.1. The van der Waals surface area contributed by atoms with Crippen molar-refractivity contribution in [2.45, 2.75) is 116 Å². The Balaban J connectivity index is 1.45. The van der Waals surface area contributed by atoms with Crippen molar-refractivity contribution in [1.82, 2.24) is 0 Å². The maximum absolute atomic E-state index is 12.8. The van der Waals surface area contributed by atoms with Crippen LogP contribution in [0.2, 0.25) is 0 Å². The molecule has 2 N–H and O–H groups in total. The van der Waals surface area contributed by atoms with E-state index in [4.69, 9.17) is 0 Å². The Morgan fingerprint density at radius 1 is 0.871 bits per heavy atom. The summed E-state index contributed by atoms with van der Waals surface area (Å²) in [4.78, 5) is 0. The Hall–Kier alpha value is -0.290. The van der Waals surface area contributed by atoms with Crippen LogP contribution < -0.4 is 0 Å². The van der Waals surface area contributed by atoms with Crippen LogP contribution in [0.4, 0.5) is 13.2 Å². The highest BCUT2D eigenvalue weighted by Crippen LogP contribution is 2.68. The van der Waals surface area contributed by atoms with Crippen molar-refractivity contribution in [2.75, 3.05) is 0 Å². The van der Waals surface area contributed by atoms with Crippen LogP contribution in [-0.4, -0.2) is 28.1 Å². The van der Waals surface area contributed by atoms with Crippen LogP contribution >= 0.6 is 0 Å². The van der Waals surface area contributed by atoms with Gasteiger partial charge in [0, 0.05) is 0 Å². The molecule has 4 fully saturated rings. The number of rotatable bonds is 4. The maximum atomic E-state index is 12.8. The van der Waals surface area contributed by atoms with E-state index in [-0.39, 0.29) is 17.8 Å². The standard InChI is InChI=1S/C26H43F3O2/c1-16(5-10-22(30)26(27,28)29)19-8-9-20-18-7-6-17-15-23(2,31)13-14-24(17,3)21(18)11-12-25(19,20)4/h16-22,30-31H,5-15H2,1-4H3/t16-,17+,18+,19?,20+,21+,22-,23+,24+,25-/m1/s1. The van der Waals surface area contributed by atoms with Crippen LogP contribution in [-0.2, 0) is 0 Å². The number of halogens is 3. The average molecular weight is 445 g/mol. The van der Waals surface area contributed by atoms with Gasteiger partial charge in [-0.2, -0.15) is 13.2 Å². The highest BCUT2D eigenvalue weighted by atomic mass is 19.4. The molecule has 4 aliphatic carbocycles. The van der Waals surface area contributed by atoms with Gasteiger partial charge in [0.25, 0.3) is 0 Å². The topological polar surface area (TPSA) is 40.5 Å². The first-order valence-corrected chi connectivity index (χ1v) is 12.7. The number of aliphatic hydroxyl groups is 2. The SMILES string of the molecule is C[C@H](CC[C@@H](O)C(F)(F)F)C1CC[C@H]2[C@@H]3CC[C@H]4C[C@@](C)(O)CC[C@]4(C)[C@H]3CC[C@]12C. The van der Waals surface area contributed by atoms with E-state index >= 15 is 0 Å². The lowest BCUT2D eigenvalue weighted by molar-refractivity contribution is -0.206. The Kier molecular flexibility index (Phi) is 6.07. The lowest BCUT2D eigenvalue weighted by Crippen LogP contribution is -2.55. The number of aliphatic hydroxyl groups excluding tert-OH is 1. The first-order chi connectivity index (χ1) is 14.3. The van der Waals surface area contributed by atoms with Gasteiger partial charge in [0.1, 0.15) is 6.10 Å². The van der Waals surface area contributed by atoms with E-state index in [2.05, 4.69) is 20.8 Å². The van der Waals surface area contributed by atoms with Gasteiger partial charge in [-0.05, 0) is 124 Å². The van der Waals surface area contributed by atoms with Gasteiger partial charge in [-0.15, -0.1) is 0 Å². The molecule has 4 rings (SSSR count).